The van der Waals surface area contributed by atoms with E-state index in [2.05, 4.69) is 4.98 Å². The first-order valence-corrected chi connectivity index (χ1v) is 6.99. The SMILES string of the molecule is CCCc1ccn(C2OC(CO)C(C)C2OC)c(=O)n1. The topological polar surface area (TPSA) is 73.6 Å². The van der Waals surface area contributed by atoms with Crippen molar-refractivity contribution in [1.29, 1.82) is 0 Å². The Kier molecular flexibility index (Phi) is 4.91. The van der Waals surface area contributed by atoms with E-state index in [0.29, 0.717) is 0 Å². The maximum atomic E-state index is 12.1. The fraction of sp³-hybridized carbons (Fsp3) is 0.714. The van der Waals surface area contributed by atoms with Gasteiger partial charge in [-0.25, -0.2) is 4.79 Å². The van der Waals surface area contributed by atoms with Crippen molar-refractivity contribution in [3.63, 3.8) is 0 Å². The molecule has 0 bridgehead atoms. The maximum absolute atomic E-state index is 12.1. The van der Waals surface area contributed by atoms with Crippen molar-refractivity contribution in [2.45, 2.75) is 45.1 Å². The van der Waals surface area contributed by atoms with E-state index < -0.39 is 6.23 Å². The Bertz CT molecular complexity index is 502. The Hall–Kier alpha value is -1.24. The Morgan fingerprint density at radius 1 is 1.55 bits per heavy atom. The van der Waals surface area contributed by atoms with Crippen LogP contribution in [0.4, 0.5) is 0 Å². The number of aliphatic hydroxyl groups is 1. The quantitative estimate of drug-likeness (QED) is 0.862. The third kappa shape index (κ3) is 2.77. The molecule has 6 nitrogen and oxygen atoms in total. The van der Waals surface area contributed by atoms with Gasteiger partial charge in [-0.3, -0.25) is 4.57 Å². The van der Waals surface area contributed by atoms with Crippen LogP contribution in [0.25, 0.3) is 0 Å². The zero-order chi connectivity index (χ0) is 14.7. The van der Waals surface area contributed by atoms with Gasteiger partial charge in [-0.15, -0.1) is 0 Å². The molecule has 2 rings (SSSR count). The first kappa shape index (κ1) is 15.2. The van der Waals surface area contributed by atoms with Gasteiger partial charge in [-0.05, 0) is 12.5 Å². The number of hydrogen-bond donors (Lipinski definition) is 1. The van der Waals surface area contributed by atoms with Crippen molar-refractivity contribution in [3.05, 3.63) is 28.4 Å². The summed E-state index contributed by atoms with van der Waals surface area (Å²) in [5.74, 6) is 0.0113. The zero-order valence-electron chi connectivity index (χ0n) is 12.2. The first-order chi connectivity index (χ1) is 9.62. The van der Waals surface area contributed by atoms with Gasteiger partial charge in [0, 0.05) is 24.9 Å². The summed E-state index contributed by atoms with van der Waals surface area (Å²) in [4.78, 5) is 16.2. The smallest absolute Gasteiger partial charge is 0.349 e. The van der Waals surface area contributed by atoms with Crippen LogP contribution in [-0.2, 0) is 15.9 Å². The maximum Gasteiger partial charge on any atom is 0.349 e. The summed E-state index contributed by atoms with van der Waals surface area (Å²) in [6.07, 6.45) is 2.29. The highest BCUT2D eigenvalue weighted by Crippen LogP contribution is 2.34. The van der Waals surface area contributed by atoms with Gasteiger partial charge in [0.15, 0.2) is 6.23 Å². The highest BCUT2D eigenvalue weighted by Gasteiger charge is 2.43. The first-order valence-electron chi connectivity index (χ1n) is 6.99. The van der Waals surface area contributed by atoms with Crippen LogP contribution < -0.4 is 5.69 Å². The molecule has 20 heavy (non-hydrogen) atoms. The Morgan fingerprint density at radius 2 is 2.30 bits per heavy atom. The lowest BCUT2D eigenvalue weighted by Gasteiger charge is -2.21. The number of aliphatic hydroxyl groups excluding tert-OH is 1. The highest BCUT2D eigenvalue weighted by molar-refractivity contribution is 5.01. The van der Waals surface area contributed by atoms with E-state index in [0.717, 1.165) is 18.5 Å². The summed E-state index contributed by atoms with van der Waals surface area (Å²) in [5, 5.41) is 9.31. The number of nitrogens with zero attached hydrogens (tertiary/aromatic N) is 2. The molecule has 1 aromatic heterocycles. The van der Waals surface area contributed by atoms with Crippen molar-refractivity contribution in [2.24, 2.45) is 5.92 Å². The number of aromatic nitrogens is 2. The summed E-state index contributed by atoms with van der Waals surface area (Å²) in [6.45, 7) is 3.90. The van der Waals surface area contributed by atoms with Crippen LogP contribution in [0.15, 0.2) is 17.1 Å². The summed E-state index contributed by atoms with van der Waals surface area (Å²) in [7, 11) is 1.58. The molecule has 1 aromatic rings. The minimum atomic E-state index is -0.539. The van der Waals surface area contributed by atoms with Crippen LogP contribution >= 0.6 is 0 Å². The molecule has 0 amide bonds. The van der Waals surface area contributed by atoms with Crippen LogP contribution in [-0.4, -0.2) is 40.6 Å². The molecule has 0 spiro atoms. The van der Waals surface area contributed by atoms with Gasteiger partial charge < -0.3 is 14.6 Å². The number of aryl methyl sites for hydroxylation is 1. The molecule has 6 heteroatoms. The predicted octanol–water partition coefficient (Wildman–Crippen LogP) is 0.737. The monoisotopic (exact) mass is 282 g/mol. The molecule has 0 aromatic carbocycles. The van der Waals surface area contributed by atoms with Crippen LogP contribution in [0.2, 0.25) is 0 Å². The van der Waals surface area contributed by atoms with Crippen LogP contribution in [0.1, 0.15) is 32.2 Å². The van der Waals surface area contributed by atoms with E-state index in [1.54, 1.807) is 13.3 Å². The standard InChI is InChI=1S/C14H22N2O4/c1-4-5-10-6-7-16(14(18)15-10)13-12(19-3)9(2)11(8-17)20-13/h6-7,9,11-13,17H,4-5,8H2,1-3H3. The fourth-order valence-electron chi connectivity index (χ4n) is 2.65. The third-order valence-corrected chi connectivity index (χ3v) is 3.82. The van der Waals surface area contributed by atoms with Crippen molar-refractivity contribution >= 4 is 0 Å². The number of hydrogen-bond acceptors (Lipinski definition) is 5. The van der Waals surface area contributed by atoms with Gasteiger partial charge in [0.1, 0.15) is 6.10 Å². The number of rotatable bonds is 5. The lowest BCUT2D eigenvalue weighted by molar-refractivity contribution is -0.0625. The normalized spacial score (nSPS) is 29.8. The molecule has 0 radical (unpaired) electrons. The molecule has 1 N–H and O–H groups in total. The molecule has 1 saturated heterocycles. The van der Waals surface area contributed by atoms with E-state index in [1.165, 1.54) is 4.57 Å². The second kappa shape index (κ2) is 6.47. The molecule has 0 aliphatic carbocycles. The Balaban J connectivity index is 2.29. The van der Waals surface area contributed by atoms with Gasteiger partial charge >= 0.3 is 5.69 Å². The van der Waals surface area contributed by atoms with Gasteiger partial charge in [0.05, 0.1) is 12.7 Å². The molecular formula is C14H22N2O4. The van der Waals surface area contributed by atoms with Gasteiger partial charge in [-0.1, -0.05) is 20.3 Å². The molecular weight excluding hydrogens is 260 g/mol. The van der Waals surface area contributed by atoms with Gasteiger partial charge in [-0.2, -0.15) is 4.98 Å². The average Bonchev–Trinajstić information content (AvgIpc) is 2.75. The summed E-state index contributed by atoms with van der Waals surface area (Å²) < 4.78 is 12.6. The Morgan fingerprint density at radius 3 is 2.85 bits per heavy atom. The van der Waals surface area contributed by atoms with E-state index in [4.69, 9.17) is 9.47 Å². The summed E-state index contributed by atoms with van der Waals surface area (Å²) in [6, 6.07) is 1.83. The van der Waals surface area contributed by atoms with E-state index in [9.17, 15) is 9.90 Å². The van der Waals surface area contributed by atoms with Crippen LogP contribution in [0.3, 0.4) is 0 Å². The Labute approximate surface area is 118 Å². The van der Waals surface area contributed by atoms with E-state index >= 15 is 0 Å². The summed E-state index contributed by atoms with van der Waals surface area (Å²) in [5.41, 5.74) is 0.446. The summed E-state index contributed by atoms with van der Waals surface area (Å²) >= 11 is 0. The lowest BCUT2D eigenvalue weighted by Crippen LogP contribution is -2.34. The molecule has 4 atom stereocenters. The van der Waals surface area contributed by atoms with Gasteiger partial charge in [0.2, 0.25) is 0 Å². The third-order valence-electron chi connectivity index (χ3n) is 3.82. The minimum Gasteiger partial charge on any atom is -0.394 e. The second-order valence-electron chi connectivity index (χ2n) is 5.17. The number of ether oxygens (including phenoxy) is 2. The molecule has 0 saturated carbocycles. The molecule has 4 unspecified atom stereocenters. The van der Waals surface area contributed by atoms with Crippen molar-refractivity contribution in [1.82, 2.24) is 9.55 Å². The molecule has 1 fully saturated rings. The fourth-order valence-corrected chi connectivity index (χ4v) is 2.65. The lowest BCUT2D eigenvalue weighted by atomic mass is 10.0. The molecule has 112 valence electrons. The van der Waals surface area contributed by atoms with Crippen LogP contribution in [0, 0.1) is 5.92 Å². The average molecular weight is 282 g/mol. The van der Waals surface area contributed by atoms with Crippen molar-refractivity contribution < 1.29 is 14.6 Å². The second-order valence-corrected chi connectivity index (χ2v) is 5.17. The van der Waals surface area contributed by atoms with Gasteiger partial charge in [0.25, 0.3) is 0 Å². The predicted molar refractivity (Wildman–Crippen MR) is 73.4 cm³/mol. The largest absolute Gasteiger partial charge is 0.394 e. The minimum absolute atomic E-state index is 0.0113. The molecule has 1 aliphatic heterocycles. The van der Waals surface area contributed by atoms with Crippen LogP contribution in [0.5, 0.6) is 0 Å². The number of methoxy groups -OCH3 is 1. The van der Waals surface area contributed by atoms with E-state index in [-0.39, 0.29) is 30.4 Å². The zero-order valence-corrected chi connectivity index (χ0v) is 12.2. The van der Waals surface area contributed by atoms with E-state index in [1.807, 2.05) is 19.9 Å². The highest BCUT2D eigenvalue weighted by atomic mass is 16.6. The molecule has 2 heterocycles. The molecule has 1 aliphatic rings. The van der Waals surface area contributed by atoms with Crippen molar-refractivity contribution in [2.75, 3.05) is 13.7 Å². The van der Waals surface area contributed by atoms with Crippen molar-refractivity contribution in [3.8, 4) is 0 Å².